The molecular weight excluding hydrogens is 323 g/mol. The lowest BCUT2D eigenvalue weighted by Gasteiger charge is -2.10. The Hall–Kier alpha value is -2.60. The number of para-hydroxylation sites is 1. The highest BCUT2D eigenvalue weighted by Crippen LogP contribution is 2.16. The van der Waals surface area contributed by atoms with Gasteiger partial charge >= 0.3 is 0 Å². The second-order valence-corrected chi connectivity index (χ2v) is 5.12. The summed E-state index contributed by atoms with van der Waals surface area (Å²) >= 11 is 5.60. The van der Waals surface area contributed by atoms with Crippen molar-refractivity contribution in [3.63, 3.8) is 0 Å². The number of halogens is 2. The van der Waals surface area contributed by atoms with Crippen LogP contribution in [0.1, 0.15) is 15.9 Å². The maximum Gasteiger partial charge on any atom is 0.276 e. The minimum absolute atomic E-state index is 0.176. The molecule has 120 valence electrons. The Morgan fingerprint density at radius 2 is 1.91 bits per heavy atom. The fourth-order valence-corrected chi connectivity index (χ4v) is 1.92. The summed E-state index contributed by atoms with van der Waals surface area (Å²) in [6, 6.07) is 10.8. The molecule has 0 heterocycles. The van der Waals surface area contributed by atoms with Gasteiger partial charge in [0.15, 0.2) is 6.61 Å². The van der Waals surface area contributed by atoms with E-state index < -0.39 is 17.6 Å². The highest BCUT2D eigenvalue weighted by molar-refractivity contribution is 6.30. The molecule has 0 fully saturated rings. The Morgan fingerprint density at radius 1 is 1.17 bits per heavy atom. The minimum Gasteiger partial charge on any atom is -0.483 e. The molecule has 0 atom stereocenters. The van der Waals surface area contributed by atoms with Crippen LogP contribution in [0.4, 0.5) is 4.39 Å². The molecule has 2 N–H and O–H groups in total. The molecule has 0 aliphatic rings. The standard InChI is InChI=1S/C16H14ClFN2O3/c1-10-4-2-3-5-14(10)23-9-15(21)19-20-16(22)12-7-6-11(17)8-13(12)18/h2-8H,9H2,1H3,(H,19,21)(H,20,22). The molecule has 23 heavy (non-hydrogen) atoms. The quantitative estimate of drug-likeness (QED) is 0.843. The van der Waals surface area contributed by atoms with Crippen molar-refractivity contribution in [2.45, 2.75) is 6.92 Å². The topological polar surface area (TPSA) is 67.4 Å². The normalized spacial score (nSPS) is 10.0. The third-order valence-corrected chi connectivity index (χ3v) is 3.18. The van der Waals surface area contributed by atoms with E-state index in [0.717, 1.165) is 11.6 Å². The summed E-state index contributed by atoms with van der Waals surface area (Å²) in [6.45, 7) is 1.56. The SMILES string of the molecule is Cc1ccccc1OCC(=O)NNC(=O)c1ccc(Cl)cc1F. The Labute approximate surface area is 137 Å². The Balaban J connectivity index is 1.84. The van der Waals surface area contributed by atoms with Gasteiger partial charge in [0.05, 0.1) is 5.56 Å². The van der Waals surface area contributed by atoms with Crippen LogP contribution in [0, 0.1) is 12.7 Å². The number of rotatable bonds is 4. The van der Waals surface area contributed by atoms with Crippen molar-refractivity contribution in [2.24, 2.45) is 0 Å². The van der Waals surface area contributed by atoms with E-state index in [1.54, 1.807) is 12.1 Å². The van der Waals surface area contributed by atoms with Gasteiger partial charge in [-0.25, -0.2) is 4.39 Å². The van der Waals surface area contributed by atoms with Crippen molar-refractivity contribution in [2.75, 3.05) is 6.61 Å². The van der Waals surface area contributed by atoms with E-state index in [1.165, 1.54) is 12.1 Å². The predicted molar refractivity (Wildman–Crippen MR) is 83.7 cm³/mol. The number of nitrogens with one attached hydrogen (secondary N) is 2. The summed E-state index contributed by atoms with van der Waals surface area (Å²) in [5.41, 5.74) is 4.91. The average Bonchev–Trinajstić information content (AvgIpc) is 2.52. The summed E-state index contributed by atoms with van der Waals surface area (Å²) in [7, 11) is 0. The zero-order valence-corrected chi connectivity index (χ0v) is 13.0. The zero-order chi connectivity index (χ0) is 16.8. The molecule has 2 aromatic carbocycles. The van der Waals surface area contributed by atoms with Crippen molar-refractivity contribution in [1.29, 1.82) is 0 Å². The number of hydrogen-bond acceptors (Lipinski definition) is 3. The molecule has 0 radical (unpaired) electrons. The number of amides is 2. The molecule has 2 amide bonds. The zero-order valence-electron chi connectivity index (χ0n) is 12.2. The number of benzene rings is 2. The smallest absolute Gasteiger partial charge is 0.276 e. The molecule has 0 aromatic heterocycles. The maximum atomic E-state index is 13.6. The molecule has 0 saturated carbocycles. The number of hydrogen-bond donors (Lipinski definition) is 2. The van der Waals surface area contributed by atoms with E-state index in [2.05, 4.69) is 10.9 Å². The molecule has 2 aromatic rings. The lowest BCUT2D eigenvalue weighted by atomic mass is 10.2. The summed E-state index contributed by atoms with van der Waals surface area (Å²) in [4.78, 5) is 23.4. The number of carbonyl (C=O) groups excluding carboxylic acids is 2. The van der Waals surface area contributed by atoms with Gasteiger partial charge in [0, 0.05) is 5.02 Å². The fourth-order valence-electron chi connectivity index (χ4n) is 1.77. The molecule has 0 spiro atoms. The van der Waals surface area contributed by atoms with Gasteiger partial charge in [0.2, 0.25) is 0 Å². The van der Waals surface area contributed by atoms with Crippen molar-refractivity contribution in [3.8, 4) is 5.75 Å². The third-order valence-electron chi connectivity index (χ3n) is 2.94. The van der Waals surface area contributed by atoms with Crippen LogP contribution in [0.5, 0.6) is 5.75 Å². The monoisotopic (exact) mass is 336 g/mol. The van der Waals surface area contributed by atoms with Gasteiger partial charge < -0.3 is 4.74 Å². The lowest BCUT2D eigenvalue weighted by Crippen LogP contribution is -2.44. The fraction of sp³-hybridized carbons (Fsp3) is 0.125. The van der Waals surface area contributed by atoms with Crippen LogP contribution in [0.15, 0.2) is 42.5 Å². The molecule has 5 nitrogen and oxygen atoms in total. The van der Waals surface area contributed by atoms with Crippen LogP contribution in [-0.4, -0.2) is 18.4 Å². The lowest BCUT2D eigenvalue weighted by molar-refractivity contribution is -0.123. The molecule has 2 rings (SSSR count). The second kappa shape index (κ2) is 7.60. The molecule has 0 unspecified atom stereocenters. The highest BCUT2D eigenvalue weighted by atomic mass is 35.5. The first-order valence-corrected chi connectivity index (χ1v) is 7.08. The molecule has 0 aliphatic carbocycles. The van der Waals surface area contributed by atoms with E-state index in [9.17, 15) is 14.0 Å². The van der Waals surface area contributed by atoms with Gasteiger partial charge in [-0.05, 0) is 36.8 Å². The van der Waals surface area contributed by atoms with Crippen LogP contribution in [-0.2, 0) is 4.79 Å². The second-order valence-electron chi connectivity index (χ2n) is 4.68. The van der Waals surface area contributed by atoms with Crippen molar-refractivity contribution in [3.05, 3.63) is 64.4 Å². The Bertz CT molecular complexity index is 737. The minimum atomic E-state index is -0.789. The Morgan fingerprint density at radius 3 is 2.61 bits per heavy atom. The first-order chi connectivity index (χ1) is 11.0. The van der Waals surface area contributed by atoms with Crippen LogP contribution in [0.2, 0.25) is 5.02 Å². The third kappa shape index (κ3) is 4.69. The van der Waals surface area contributed by atoms with E-state index in [4.69, 9.17) is 16.3 Å². The van der Waals surface area contributed by atoms with Crippen LogP contribution < -0.4 is 15.6 Å². The van der Waals surface area contributed by atoms with Gasteiger partial charge in [-0.2, -0.15) is 0 Å². The van der Waals surface area contributed by atoms with Crippen LogP contribution >= 0.6 is 11.6 Å². The molecule has 0 aliphatic heterocycles. The number of ether oxygens (including phenoxy) is 1. The van der Waals surface area contributed by atoms with Gasteiger partial charge in [-0.1, -0.05) is 29.8 Å². The van der Waals surface area contributed by atoms with Gasteiger partial charge in [-0.15, -0.1) is 0 Å². The van der Waals surface area contributed by atoms with Crippen molar-refractivity contribution < 1.29 is 18.7 Å². The van der Waals surface area contributed by atoms with E-state index in [1.807, 2.05) is 19.1 Å². The number of aryl methyl sites for hydroxylation is 1. The van der Waals surface area contributed by atoms with E-state index in [0.29, 0.717) is 5.75 Å². The van der Waals surface area contributed by atoms with Gasteiger partial charge in [0.25, 0.3) is 11.8 Å². The number of carbonyl (C=O) groups is 2. The van der Waals surface area contributed by atoms with Gasteiger partial charge in [0.1, 0.15) is 11.6 Å². The summed E-state index contributed by atoms with van der Waals surface area (Å²) in [5.74, 6) is -1.57. The highest BCUT2D eigenvalue weighted by Gasteiger charge is 2.13. The average molecular weight is 337 g/mol. The molecule has 0 bridgehead atoms. The summed E-state index contributed by atoms with van der Waals surface area (Å²) in [6.07, 6.45) is 0. The Kier molecular flexibility index (Phi) is 5.54. The summed E-state index contributed by atoms with van der Waals surface area (Å²) < 4.78 is 18.9. The van der Waals surface area contributed by atoms with E-state index >= 15 is 0 Å². The molecule has 7 heteroatoms. The number of hydrazine groups is 1. The van der Waals surface area contributed by atoms with Crippen LogP contribution in [0.25, 0.3) is 0 Å². The van der Waals surface area contributed by atoms with Crippen LogP contribution in [0.3, 0.4) is 0 Å². The maximum absolute atomic E-state index is 13.6. The molecular formula is C16H14ClFN2O3. The van der Waals surface area contributed by atoms with E-state index in [-0.39, 0.29) is 17.2 Å². The summed E-state index contributed by atoms with van der Waals surface area (Å²) in [5, 5.41) is 0.176. The first-order valence-electron chi connectivity index (χ1n) is 6.70. The first kappa shape index (κ1) is 16.8. The van der Waals surface area contributed by atoms with Crippen molar-refractivity contribution in [1.82, 2.24) is 10.9 Å². The van der Waals surface area contributed by atoms with Gasteiger partial charge in [-0.3, -0.25) is 20.4 Å². The molecule has 0 saturated heterocycles. The predicted octanol–water partition coefficient (Wildman–Crippen LogP) is 2.63. The van der Waals surface area contributed by atoms with Crippen molar-refractivity contribution >= 4 is 23.4 Å². The largest absolute Gasteiger partial charge is 0.483 e.